The molecule has 5 nitrogen and oxygen atoms in total. The predicted octanol–water partition coefficient (Wildman–Crippen LogP) is 1.23. The van der Waals surface area contributed by atoms with Crippen molar-refractivity contribution in [3.05, 3.63) is 46.9 Å². The van der Waals surface area contributed by atoms with Crippen LogP contribution in [0.15, 0.2) is 35.8 Å². The molecule has 3 unspecified atom stereocenters. The SMILES string of the molecule is CC(O)C1=C(O)C2C(=O)c3ccccc3C(=O)C2O1. The maximum absolute atomic E-state index is 12.3. The molecular formula is C14H12O5. The third-order valence-corrected chi connectivity index (χ3v) is 3.48. The van der Waals surface area contributed by atoms with Crippen LogP contribution < -0.4 is 0 Å². The number of aliphatic hydroxyl groups excluding tert-OH is 2. The summed E-state index contributed by atoms with van der Waals surface area (Å²) in [7, 11) is 0. The van der Waals surface area contributed by atoms with E-state index in [2.05, 4.69) is 0 Å². The van der Waals surface area contributed by atoms with Crippen molar-refractivity contribution in [3.8, 4) is 0 Å². The third kappa shape index (κ3) is 1.51. The highest BCUT2D eigenvalue weighted by Crippen LogP contribution is 2.39. The first-order valence-corrected chi connectivity index (χ1v) is 5.97. The average Bonchev–Trinajstić information content (AvgIpc) is 2.74. The fraction of sp³-hybridized carbons (Fsp3) is 0.286. The van der Waals surface area contributed by atoms with Crippen LogP contribution in [0.3, 0.4) is 0 Å². The van der Waals surface area contributed by atoms with Crippen molar-refractivity contribution in [1.29, 1.82) is 0 Å². The van der Waals surface area contributed by atoms with Crippen molar-refractivity contribution in [1.82, 2.24) is 0 Å². The Labute approximate surface area is 109 Å². The topological polar surface area (TPSA) is 83.8 Å². The Bertz CT molecular complexity index is 614. The van der Waals surface area contributed by atoms with E-state index in [4.69, 9.17) is 4.74 Å². The Morgan fingerprint density at radius 3 is 2.32 bits per heavy atom. The predicted molar refractivity (Wildman–Crippen MR) is 64.8 cm³/mol. The lowest BCUT2D eigenvalue weighted by atomic mass is 9.79. The first-order valence-electron chi connectivity index (χ1n) is 5.97. The summed E-state index contributed by atoms with van der Waals surface area (Å²) in [6.07, 6.45) is -2.12. The van der Waals surface area contributed by atoms with Crippen molar-refractivity contribution < 1.29 is 24.5 Å². The molecule has 1 aliphatic heterocycles. The molecule has 0 saturated carbocycles. The van der Waals surface area contributed by atoms with Gasteiger partial charge < -0.3 is 14.9 Å². The first-order chi connectivity index (χ1) is 9.02. The molecule has 3 atom stereocenters. The highest BCUT2D eigenvalue weighted by atomic mass is 16.5. The molecule has 19 heavy (non-hydrogen) atoms. The molecule has 0 amide bonds. The Hall–Kier alpha value is -2.14. The van der Waals surface area contributed by atoms with Gasteiger partial charge in [0.2, 0.25) is 5.78 Å². The number of ketones is 2. The minimum Gasteiger partial charge on any atom is -0.508 e. The minimum atomic E-state index is -1.06. The van der Waals surface area contributed by atoms with Crippen LogP contribution in [-0.4, -0.2) is 34.0 Å². The van der Waals surface area contributed by atoms with Gasteiger partial charge in [0.15, 0.2) is 17.6 Å². The van der Waals surface area contributed by atoms with Crippen molar-refractivity contribution in [3.63, 3.8) is 0 Å². The highest BCUT2D eigenvalue weighted by molar-refractivity contribution is 6.18. The molecule has 1 aromatic rings. The molecule has 3 rings (SSSR count). The minimum absolute atomic E-state index is 0.0930. The number of aliphatic hydroxyl groups is 2. The summed E-state index contributed by atoms with van der Waals surface area (Å²) >= 11 is 0. The second-order valence-electron chi connectivity index (χ2n) is 4.72. The van der Waals surface area contributed by atoms with Gasteiger partial charge in [0.05, 0.1) is 0 Å². The first kappa shape index (κ1) is 11.9. The van der Waals surface area contributed by atoms with Gasteiger partial charge in [-0.25, -0.2) is 0 Å². The Kier molecular flexibility index (Phi) is 2.46. The summed E-state index contributed by atoms with van der Waals surface area (Å²) in [5.41, 5.74) is 0.587. The molecule has 1 aliphatic carbocycles. The van der Waals surface area contributed by atoms with E-state index in [0.29, 0.717) is 5.56 Å². The zero-order valence-corrected chi connectivity index (χ0v) is 10.2. The largest absolute Gasteiger partial charge is 0.508 e. The molecule has 0 spiro atoms. The number of hydrogen-bond donors (Lipinski definition) is 2. The maximum Gasteiger partial charge on any atom is 0.205 e. The number of fused-ring (bicyclic) bond motifs is 2. The van der Waals surface area contributed by atoms with Gasteiger partial charge in [0, 0.05) is 11.1 Å². The Morgan fingerprint density at radius 1 is 1.16 bits per heavy atom. The van der Waals surface area contributed by atoms with Gasteiger partial charge in [-0.1, -0.05) is 24.3 Å². The molecule has 0 saturated heterocycles. The van der Waals surface area contributed by atoms with Gasteiger partial charge in [-0.3, -0.25) is 9.59 Å². The summed E-state index contributed by atoms with van der Waals surface area (Å²) in [6, 6.07) is 6.45. The quantitative estimate of drug-likeness (QED) is 0.793. The van der Waals surface area contributed by atoms with Gasteiger partial charge in [0.1, 0.15) is 17.8 Å². The number of Topliss-reactive ketones (excluding diaryl/α,β-unsaturated/α-hetero) is 2. The van der Waals surface area contributed by atoms with Gasteiger partial charge in [0.25, 0.3) is 0 Å². The lowest BCUT2D eigenvalue weighted by Gasteiger charge is -2.24. The third-order valence-electron chi connectivity index (χ3n) is 3.48. The molecule has 5 heteroatoms. The number of carbonyl (C=O) groups is 2. The fourth-order valence-electron chi connectivity index (χ4n) is 2.57. The van der Waals surface area contributed by atoms with E-state index in [1.165, 1.54) is 6.92 Å². The summed E-state index contributed by atoms with van der Waals surface area (Å²) < 4.78 is 5.29. The standard InChI is InChI=1S/C14H12O5/c1-6(15)13-12(18)9-10(16)7-4-2-3-5-8(7)11(17)14(9)19-13/h2-6,9,14-15,18H,1H3. The second kappa shape index (κ2) is 3.93. The fourth-order valence-corrected chi connectivity index (χ4v) is 2.57. The zero-order chi connectivity index (χ0) is 13.7. The Morgan fingerprint density at radius 2 is 1.74 bits per heavy atom. The summed E-state index contributed by atoms with van der Waals surface area (Å²) in [6.45, 7) is 1.41. The lowest BCUT2D eigenvalue weighted by Crippen LogP contribution is -2.39. The molecule has 1 heterocycles. The Balaban J connectivity index is 2.13. The normalized spacial score (nSPS) is 26.8. The van der Waals surface area contributed by atoms with Crippen molar-refractivity contribution in [2.75, 3.05) is 0 Å². The van der Waals surface area contributed by atoms with Crippen LogP contribution in [-0.2, 0) is 4.74 Å². The molecule has 98 valence electrons. The number of hydrogen-bond acceptors (Lipinski definition) is 5. The van der Waals surface area contributed by atoms with Gasteiger partial charge in [-0.2, -0.15) is 0 Å². The molecule has 1 aromatic carbocycles. The van der Waals surface area contributed by atoms with Gasteiger partial charge in [-0.05, 0) is 6.92 Å². The van der Waals surface area contributed by atoms with E-state index in [1.807, 2.05) is 0 Å². The van der Waals surface area contributed by atoms with Crippen LogP contribution in [0.5, 0.6) is 0 Å². The van der Waals surface area contributed by atoms with E-state index in [9.17, 15) is 19.8 Å². The molecule has 2 N–H and O–H groups in total. The van der Waals surface area contributed by atoms with E-state index in [0.717, 1.165) is 0 Å². The molecule has 0 bridgehead atoms. The van der Waals surface area contributed by atoms with E-state index >= 15 is 0 Å². The van der Waals surface area contributed by atoms with E-state index < -0.39 is 18.1 Å². The number of ether oxygens (including phenoxy) is 1. The number of benzene rings is 1. The molecule has 2 aliphatic rings. The van der Waals surface area contributed by atoms with E-state index in [1.54, 1.807) is 24.3 Å². The number of carbonyl (C=O) groups excluding carboxylic acids is 2. The van der Waals surface area contributed by atoms with Crippen LogP contribution in [0.1, 0.15) is 27.6 Å². The average molecular weight is 260 g/mol. The molecular weight excluding hydrogens is 248 g/mol. The van der Waals surface area contributed by atoms with Crippen LogP contribution >= 0.6 is 0 Å². The molecule has 0 aromatic heterocycles. The van der Waals surface area contributed by atoms with Crippen LogP contribution in [0.4, 0.5) is 0 Å². The molecule has 0 radical (unpaired) electrons. The van der Waals surface area contributed by atoms with Gasteiger partial charge in [-0.15, -0.1) is 0 Å². The molecule has 0 fully saturated rings. The van der Waals surface area contributed by atoms with Crippen molar-refractivity contribution >= 4 is 11.6 Å². The highest BCUT2D eigenvalue weighted by Gasteiger charge is 2.51. The monoisotopic (exact) mass is 260 g/mol. The summed E-state index contributed by atoms with van der Waals surface area (Å²) in [5.74, 6) is -2.17. The maximum atomic E-state index is 12.3. The van der Waals surface area contributed by atoms with Gasteiger partial charge >= 0.3 is 0 Å². The van der Waals surface area contributed by atoms with Crippen LogP contribution in [0.25, 0.3) is 0 Å². The van der Waals surface area contributed by atoms with Crippen molar-refractivity contribution in [2.45, 2.75) is 19.1 Å². The van der Waals surface area contributed by atoms with Crippen LogP contribution in [0.2, 0.25) is 0 Å². The second-order valence-corrected chi connectivity index (χ2v) is 4.72. The zero-order valence-electron chi connectivity index (χ0n) is 10.2. The van der Waals surface area contributed by atoms with Crippen LogP contribution in [0, 0.1) is 5.92 Å². The smallest absolute Gasteiger partial charge is 0.205 e. The summed E-state index contributed by atoms with van der Waals surface area (Å²) in [4.78, 5) is 24.6. The summed E-state index contributed by atoms with van der Waals surface area (Å²) in [5, 5.41) is 19.5. The lowest BCUT2D eigenvalue weighted by molar-refractivity contribution is 0.0426. The van der Waals surface area contributed by atoms with E-state index in [-0.39, 0.29) is 28.6 Å². The number of rotatable bonds is 1. The van der Waals surface area contributed by atoms with Crippen molar-refractivity contribution in [2.24, 2.45) is 5.92 Å².